The number of aromatic nitrogens is 2. The second-order valence-electron chi connectivity index (χ2n) is 21.3. The van der Waals surface area contributed by atoms with E-state index in [9.17, 15) is 0 Å². The Labute approximate surface area is 417 Å². The van der Waals surface area contributed by atoms with Crippen LogP contribution in [0.2, 0.25) is 0 Å². The standard InChI is InChI=1S/C62H59N4O.Pt/c1-40(2)51-23-17-24-52(41(3)4)60(51)43-20-16-21-47(32-43)65-39-66(65,57-29-26-45(35-58(57)65)61(5,6)7)48-33-44(42-18-12-11-13-19-42)34-50(37-48)67-49-27-28-54-53-22-14-15-25-55(53)64(56(54)38-49)59-36-46(30-31-63-59)62(8,9)10;/h11-36,39-41H,1-10H3;/q-1;/t65-,66?;/m0./s1. The summed E-state index contributed by atoms with van der Waals surface area (Å²) in [5, 5.41) is 2.24. The fourth-order valence-corrected chi connectivity index (χ4v) is 10.6. The first-order valence-electron chi connectivity index (χ1n) is 23.9. The first kappa shape index (κ1) is 45.7. The van der Waals surface area contributed by atoms with Crippen molar-refractivity contribution in [2.24, 2.45) is 0 Å². The molecule has 2 aromatic heterocycles. The van der Waals surface area contributed by atoms with Crippen LogP contribution in [0.1, 0.15) is 103 Å². The third kappa shape index (κ3) is 7.20. The number of hydrogen-bond acceptors (Lipinski definition) is 2. The topological polar surface area (TPSA) is 27.1 Å². The van der Waals surface area contributed by atoms with Crippen molar-refractivity contribution in [2.45, 2.75) is 91.9 Å². The molecule has 0 N–H and O–H groups in total. The first-order valence-corrected chi connectivity index (χ1v) is 23.9. The summed E-state index contributed by atoms with van der Waals surface area (Å²) < 4.78 is 10.3. The van der Waals surface area contributed by atoms with Gasteiger partial charge in [0.25, 0.3) is 0 Å². The average Bonchev–Trinajstić information content (AvgIpc) is 3.81. The molecule has 0 radical (unpaired) electrons. The van der Waals surface area contributed by atoms with Crippen molar-refractivity contribution in [3.8, 4) is 39.6 Å². The molecule has 7 aromatic carbocycles. The van der Waals surface area contributed by atoms with Gasteiger partial charge in [0, 0.05) is 68.5 Å². The van der Waals surface area contributed by atoms with Crippen LogP contribution in [-0.2, 0) is 31.9 Å². The Kier molecular flexibility index (Phi) is 11.1. The quantitative estimate of drug-likeness (QED) is 0.0818. The van der Waals surface area contributed by atoms with E-state index in [-0.39, 0.29) is 31.9 Å². The molecular weight excluding hydrogens is 1010 g/mol. The molecule has 68 heavy (non-hydrogen) atoms. The number of rotatable bonds is 9. The number of benzene rings is 7. The van der Waals surface area contributed by atoms with Gasteiger partial charge in [-0.15, -0.1) is 29.1 Å². The third-order valence-corrected chi connectivity index (χ3v) is 14.2. The fourth-order valence-electron chi connectivity index (χ4n) is 10.6. The zero-order chi connectivity index (χ0) is 46.6. The van der Waals surface area contributed by atoms with Gasteiger partial charge in [-0.1, -0.05) is 172 Å². The minimum Gasteiger partial charge on any atom is -0.509 e. The second-order valence-corrected chi connectivity index (χ2v) is 21.3. The fraction of sp³-hybridized carbons (Fsp3) is 0.226. The first-order chi connectivity index (χ1) is 32.1. The van der Waals surface area contributed by atoms with Gasteiger partial charge in [0.1, 0.15) is 5.82 Å². The Morgan fingerprint density at radius 2 is 1.24 bits per heavy atom. The number of para-hydroxylation sites is 1. The van der Waals surface area contributed by atoms with Crippen molar-refractivity contribution in [3.63, 3.8) is 0 Å². The minimum atomic E-state index is -0.0336. The summed E-state index contributed by atoms with van der Waals surface area (Å²) in [5.74, 6) is 2.88. The van der Waals surface area contributed by atoms with Crippen molar-refractivity contribution in [1.29, 1.82) is 0 Å². The summed E-state index contributed by atoms with van der Waals surface area (Å²) in [5.41, 5.74) is 16.8. The molecule has 1 fully saturated rings. The Balaban J connectivity index is 0.00000539. The predicted molar refractivity (Wildman–Crippen MR) is 279 cm³/mol. The van der Waals surface area contributed by atoms with Crippen LogP contribution < -0.4 is 13.9 Å². The number of hydrogen-bond donors (Lipinski definition) is 0. The molecule has 2 aliphatic rings. The van der Waals surface area contributed by atoms with Crippen LogP contribution in [0.15, 0.2) is 158 Å². The van der Waals surface area contributed by atoms with E-state index in [2.05, 4.69) is 238 Å². The molecule has 2 atom stereocenters. The van der Waals surface area contributed by atoms with E-state index in [1.165, 1.54) is 50.4 Å². The molecule has 0 bridgehead atoms. The van der Waals surface area contributed by atoms with Crippen molar-refractivity contribution in [1.82, 2.24) is 18.7 Å². The summed E-state index contributed by atoms with van der Waals surface area (Å²) in [6, 6.07) is 63.0. The van der Waals surface area contributed by atoms with Crippen LogP contribution in [0.5, 0.6) is 11.5 Å². The Morgan fingerprint density at radius 1 is 0.559 bits per heavy atom. The number of nitrogens with zero attached hydrogens (tertiary/aromatic N) is 4. The third-order valence-electron chi connectivity index (χ3n) is 14.2. The van der Waals surface area contributed by atoms with Gasteiger partial charge in [-0.2, -0.15) is 10.7 Å². The van der Waals surface area contributed by atoms with Gasteiger partial charge in [-0.3, -0.25) is 0 Å². The van der Waals surface area contributed by atoms with Crippen molar-refractivity contribution in [2.75, 3.05) is 0 Å². The Morgan fingerprint density at radius 3 is 1.96 bits per heavy atom. The molecule has 1 unspecified atom stereocenters. The molecule has 0 amide bonds. The van der Waals surface area contributed by atoms with Gasteiger partial charge in [0.05, 0.1) is 5.69 Å². The normalized spacial score (nSPS) is 17.5. The van der Waals surface area contributed by atoms with E-state index in [1.54, 1.807) is 0 Å². The summed E-state index contributed by atoms with van der Waals surface area (Å²) in [7, 11) is 0. The van der Waals surface area contributed by atoms with E-state index >= 15 is 0 Å². The van der Waals surface area contributed by atoms with Crippen LogP contribution in [0.3, 0.4) is 0 Å². The molecule has 1 saturated heterocycles. The van der Waals surface area contributed by atoms with E-state index in [1.807, 2.05) is 12.3 Å². The molecule has 6 heteroatoms. The summed E-state index contributed by atoms with van der Waals surface area (Å²) >= 11 is 0. The van der Waals surface area contributed by atoms with Crippen LogP contribution in [0.25, 0.3) is 49.9 Å². The van der Waals surface area contributed by atoms with E-state index in [4.69, 9.17) is 9.72 Å². The summed E-state index contributed by atoms with van der Waals surface area (Å²) in [4.78, 5) is 4.92. The van der Waals surface area contributed by atoms with Gasteiger partial charge in [-0.05, 0) is 85.2 Å². The van der Waals surface area contributed by atoms with Crippen LogP contribution in [-0.4, -0.2) is 9.55 Å². The number of ether oxygens (including phenoxy) is 1. The zero-order valence-electron chi connectivity index (χ0n) is 40.8. The van der Waals surface area contributed by atoms with Crippen LogP contribution >= 0.6 is 0 Å². The van der Waals surface area contributed by atoms with Gasteiger partial charge in [-0.25, -0.2) is 9.58 Å². The van der Waals surface area contributed by atoms with Crippen molar-refractivity contribution < 1.29 is 25.8 Å². The maximum Gasteiger partial charge on any atom is 0.225 e. The number of quaternary nitrogens is 2. The van der Waals surface area contributed by atoms with E-state index in [0.29, 0.717) is 32.5 Å². The van der Waals surface area contributed by atoms with Gasteiger partial charge in [0.15, 0.2) is 12.4 Å². The maximum atomic E-state index is 7.00. The predicted octanol–water partition coefficient (Wildman–Crippen LogP) is 17.1. The zero-order valence-corrected chi connectivity index (χ0v) is 43.0. The largest absolute Gasteiger partial charge is 0.509 e. The molecule has 11 rings (SSSR count). The molecular formula is C62H59N4OPt-. The Bertz CT molecular complexity index is 3380. The van der Waals surface area contributed by atoms with E-state index in [0.717, 1.165) is 44.4 Å². The molecule has 9 aromatic rings. The number of fused-ring (bicyclic) bond motifs is 7. The Hall–Kier alpha value is -6.10. The van der Waals surface area contributed by atoms with E-state index < -0.39 is 0 Å². The molecule has 0 spiro atoms. The molecule has 344 valence electrons. The second kappa shape index (κ2) is 16.6. The van der Waals surface area contributed by atoms with Crippen molar-refractivity contribution >= 4 is 44.6 Å². The smallest absolute Gasteiger partial charge is 0.225 e. The van der Waals surface area contributed by atoms with Gasteiger partial charge < -0.3 is 9.30 Å². The van der Waals surface area contributed by atoms with Crippen molar-refractivity contribution in [3.05, 3.63) is 199 Å². The summed E-state index contributed by atoms with van der Waals surface area (Å²) in [6.45, 7) is 25.3. The number of pyridine rings is 1. The molecule has 0 saturated carbocycles. The van der Waals surface area contributed by atoms with Gasteiger partial charge in [0.2, 0.25) is 11.4 Å². The maximum absolute atomic E-state index is 7.00. The van der Waals surface area contributed by atoms with Crippen LogP contribution in [0, 0.1) is 18.8 Å². The molecule has 5 nitrogen and oxygen atoms in total. The molecule has 4 heterocycles. The molecule has 2 aliphatic heterocycles. The van der Waals surface area contributed by atoms with Crippen LogP contribution in [0.4, 0.5) is 22.7 Å². The monoisotopic (exact) mass is 1070 g/mol. The van der Waals surface area contributed by atoms with Gasteiger partial charge >= 0.3 is 0 Å². The molecule has 0 aliphatic carbocycles. The average molecular weight is 1070 g/mol. The minimum absolute atomic E-state index is 0. The summed E-state index contributed by atoms with van der Waals surface area (Å²) in [6.07, 6.45) is 1.92. The SMILES string of the molecule is CC(C)c1cccc(C(C)C)c1-c1cccc([N@+]23[CH-][N+]2(c2[c-]c(Oc4[c-]c5c(cc4)c4ccccc4n5-c4cc(C(C)(C)C)ccn4)cc(-c4ccccc4)c2)c2ccc(C(C)(C)C)cc23)c1.[Pt].